The van der Waals surface area contributed by atoms with E-state index < -0.39 is 22.6 Å². The van der Waals surface area contributed by atoms with E-state index in [0.717, 1.165) is 12.3 Å². The van der Waals surface area contributed by atoms with Gasteiger partial charge in [-0.3, -0.25) is 4.21 Å². The number of hydrogen-bond donors (Lipinski definition) is 2. The lowest BCUT2D eigenvalue weighted by molar-refractivity contribution is 0.0697. The van der Waals surface area contributed by atoms with E-state index in [1.54, 1.807) is 6.92 Å². The average molecular weight is 260 g/mol. The molecule has 1 aromatic rings. The van der Waals surface area contributed by atoms with Gasteiger partial charge in [-0.1, -0.05) is 6.92 Å². The molecule has 7 heteroatoms. The lowest BCUT2D eigenvalue weighted by atomic mass is 10.2. The summed E-state index contributed by atoms with van der Waals surface area (Å²) < 4.78 is 24.0. The fourth-order valence-electron chi connectivity index (χ4n) is 1.17. The second-order valence-electron chi connectivity index (χ2n) is 3.21. The Labute approximate surface area is 101 Å². The number of carboxylic acids is 1. The molecular formula is C10H13FN2O3S. The van der Waals surface area contributed by atoms with Crippen LogP contribution in [0.2, 0.25) is 0 Å². The lowest BCUT2D eigenvalue weighted by Gasteiger charge is -2.07. The summed E-state index contributed by atoms with van der Waals surface area (Å²) in [5.74, 6) is -0.924. The molecule has 0 saturated heterocycles. The highest BCUT2D eigenvalue weighted by atomic mass is 32.2. The van der Waals surface area contributed by atoms with Gasteiger partial charge < -0.3 is 10.4 Å². The van der Waals surface area contributed by atoms with Gasteiger partial charge in [0.15, 0.2) is 0 Å². The molecule has 1 rings (SSSR count). The average Bonchev–Trinajstić information content (AvgIpc) is 2.30. The minimum Gasteiger partial charge on any atom is -0.478 e. The van der Waals surface area contributed by atoms with E-state index in [2.05, 4.69) is 10.3 Å². The van der Waals surface area contributed by atoms with Crippen LogP contribution in [0.5, 0.6) is 0 Å². The summed E-state index contributed by atoms with van der Waals surface area (Å²) in [5, 5.41) is 11.6. The van der Waals surface area contributed by atoms with Crippen molar-refractivity contribution in [3.05, 3.63) is 23.6 Å². The number of rotatable bonds is 6. The molecule has 1 heterocycles. The Morgan fingerprint density at radius 1 is 1.65 bits per heavy atom. The Morgan fingerprint density at radius 3 is 2.94 bits per heavy atom. The third-order valence-electron chi connectivity index (χ3n) is 2.03. The van der Waals surface area contributed by atoms with Crippen molar-refractivity contribution in [3.63, 3.8) is 0 Å². The zero-order chi connectivity index (χ0) is 12.8. The molecule has 0 amide bonds. The quantitative estimate of drug-likeness (QED) is 0.800. The van der Waals surface area contributed by atoms with Gasteiger partial charge in [0.2, 0.25) is 0 Å². The predicted octanol–water partition coefficient (Wildman–Crippen LogP) is 1.10. The van der Waals surface area contributed by atoms with E-state index >= 15 is 0 Å². The van der Waals surface area contributed by atoms with Gasteiger partial charge in [0, 0.05) is 28.9 Å². The van der Waals surface area contributed by atoms with Crippen LogP contribution in [0.3, 0.4) is 0 Å². The summed E-state index contributed by atoms with van der Waals surface area (Å²) >= 11 is 0. The molecule has 0 aliphatic carbocycles. The molecule has 0 saturated carbocycles. The maximum Gasteiger partial charge on any atom is 0.339 e. The first-order valence-corrected chi connectivity index (χ1v) is 6.51. The molecule has 5 nitrogen and oxygen atoms in total. The van der Waals surface area contributed by atoms with Crippen molar-refractivity contribution in [1.82, 2.24) is 4.98 Å². The molecule has 0 aliphatic rings. The molecule has 1 aromatic heterocycles. The summed E-state index contributed by atoms with van der Waals surface area (Å²) in [6, 6.07) is 0.897. The Kier molecular flexibility index (Phi) is 5.02. The van der Waals surface area contributed by atoms with Crippen LogP contribution in [0.15, 0.2) is 12.3 Å². The first-order valence-electron chi connectivity index (χ1n) is 5.02. The number of pyridine rings is 1. The first kappa shape index (κ1) is 13.6. The molecule has 0 radical (unpaired) electrons. The molecule has 1 atom stereocenters. The van der Waals surface area contributed by atoms with Gasteiger partial charge >= 0.3 is 5.97 Å². The number of anilines is 1. The second-order valence-corrected chi connectivity index (χ2v) is 5.08. The van der Waals surface area contributed by atoms with Crippen LogP contribution in [-0.4, -0.2) is 38.3 Å². The topological polar surface area (TPSA) is 79.3 Å². The van der Waals surface area contributed by atoms with E-state index in [1.165, 1.54) is 0 Å². The minimum atomic E-state index is -1.25. The van der Waals surface area contributed by atoms with Crippen LogP contribution >= 0.6 is 0 Å². The number of hydrogen-bond acceptors (Lipinski definition) is 4. The van der Waals surface area contributed by atoms with Crippen molar-refractivity contribution in [3.8, 4) is 0 Å². The fourth-order valence-corrected chi connectivity index (χ4v) is 1.79. The van der Waals surface area contributed by atoms with Gasteiger partial charge in [0.25, 0.3) is 0 Å². The van der Waals surface area contributed by atoms with E-state index in [4.69, 9.17) is 5.11 Å². The summed E-state index contributed by atoms with van der Waals surface area (Å²) in [5.41, 5.74) is -0.229. The first-order chi connectivity index (χ1) is 8.04. The van der Waals surface area contributed by atoms with Crippen LogP contribution in [-0.2, 0) is 10.8 Å². The number of aromatic carboxylic acids is 1. The molecule has 0 fully saturated rings. The smallest absolute Gasteiger partial charge is 0.339 e. The van der Waals surface area contributed by atoms with Crippen LogP contribution in [0, 0.1) is 5.82 Å². The van der Waals surface area contributed by atoms with Crippen molar-refractivity contribution in [2.24, 2.45) is 0 Å². The largest absolute Gasteiger partial charge is 0.478 e. The number of halogens is 1. The maximum atomic E-state index is 12.8. The van der Waals surface area contributed by atoms with Crippen LogP contribution in [0.1, 0.15) is 17.3 Å². The van der Waals surface area contributed by atoms with Crippen molar-refractivity contribution >= 4 is 22.6 Å². The highest BCUT2D eigenvalue weighted by Gasteiger charge is 2.12. The van der Waals surface area contributed by atoms with Crippen molar-refractivity contribution in [2.45, 2.75) is 6.92 Å². The van der Waals surface area contributed by atoms with Crippen LogP contribution in [0.4, 0.5) is 10.2 Å². The Bertz CT molecular complexity index is 440. The van der Waals surface area contributed by atoms with Gasteiger partial charge in [-0.25, -0.2) is 14.2 Å². The van der Waals surface area contributed by atoms with Crippen molar-refractivity contribution < 1.29 is 18.5 Å². The van der Waals surface area contributed by atoms with Crippen molar-refractivity contribution in [2.75, 3.05) is 23.4 Å². The lowest BCUT2D eigenvalue weighted by Crippen LogP contribution is -2.15. The Hall–Kier alpha value is -1.50. The number of nitrogens with zero attached hydrogens (tertiary/aromatic N) is 1. The molecule has 0 aromatic carbocycles. The third kappa shape index (κ3) is 4.10. The number of nitrogens with one attached hydrogen (secondary N) is 1. The zero-order valence-corrected chi connectivity index (χ0v) is 10.1. The summed E-state index contributed by atoms with van der Waals surface area (Å²) in [7, 11) is -0.934. The molecular weight excluding hydrogens is 247 g/mol. The van der Waals surface area contributed by atoms with E-state index in [1.807, 2.05) is 0 Å². The van der Waals surface area contributed by atoms with Crippen LogP contribution in [0.25, 0.3) is 0 Å². The normalized spacial score (nSPS) is 12.1. The molecule has 0 aliphatic heterocycles. The van der Waals surface area contributed by atoms with Gasteiger partial charge in [-0.15, -0.1) is 0 Å². The van der Waals surface area contributed by atoms with Gasteiger partial charge in [0.05, 0.1) is 6.20 Å². The highest BCUT2D eigenvalue weighted by molar-refractivity contribution is 7.84. The Morgan fingerprint density at radius 2 is 2.35 bits per heavy atom. The molecule has 94 valence electrons. The van der Waals surface area contributed by atoms with Crippen molar-refractivity contribution in [1.29, 1.82) is 0 Å². The van der Waals surface area contributed by atoms with Gasteiger partial charge in [0.1, 0.15) is 17.2 Å². The van der Waals surface area contributed by atoms with E-state index in [0.29, 0.717) is 18.1 Å². The van der Waals surface area contributed by atoms with Crippen LogP contribution < -0.4 is 5.32 Å². The SMILES string of the molecule is CCS(=O)CCNc1ncc(F)cc1C(=O)O. The summed E-state index contributed by atoms with van der Waals surface area (Å²) in [6.45, 7) is 2.13. The minimum absolute atomic E-state index is 0.0898. The third-order valence-corrected chi connectivity index (χ3v) is 3.33. The summed E-state index contributed by atoms with van der Waals surface area (Å²) in [4.78, 5) is 14.5. The molecule has 0 spiro atoms. The highest BCUT2D eigenvalue weighted by Crippen LogP contribution is 2.13. The Balaban J connectivity index is 2.70. The number of aromatic nitrogens is 1. The fraction of sp³-hybridized carbons (Fsp3) is 0.400. The summed E-state index contributed by atoms with van der Waals surface area (Å²) in [6.07, 6.45) is 0.936. The monoisotopic (exact) mass is 260 g/mol. The maximum absolute atomic E-state index is 12.8. The van der Waals surface area contributed by atoms with Gasteiger partial charge in [-0.05, 0) is 6.07 Å². The number of carboxylic acid groups (broad SMARTS) is 1. The second kappa shape index (κ2) is 6.29. The molecule has 17 heavy (non-hydrogen) atoms. The zero-order valence-electron chi connectivity index (χ0n) is 9.27. The predicted molar refractivity (Wildman–Crippen MR) is 63.2 cm³/mol. The standard InChI is InChI=1S/C10H13FN2O3S/c1-2-17(16)4-3-12-9-8(10(14)15)5-7(11)6-13-9/h5-6H,2-4H2,1H3,(H,12,13)(H,14,15). The molecule has 1 unspecified atom stereocenters. The van der Waals surface area contributed by atoms with E-state index in [-0.39, 0.29) is 11.4 Å². The van der Waals surface area contributed by atoms with Gasteiger partial charge in [-0.2, -0.15) is 0 Å². The molecule has 0 bridgehead atoms. The molecule has 2 N–H and O–H groups in total. The number of carbonyl (C=O) groups is 1. The van der Waals surface area contributed by atoms with E-state index in [9.17, 15) is 13.4 Å².